The van der Waals surface area contributed by atoms with Gasteiger partial charge in [-0.2, -0.15) is 0 Å². The van der Waals surface area contributed by atoms with Gasteiger partial charge in [0, 0.05) is 75.4 Å². The van der Waals surface area contributed by atoms with Crippen LogP contribution in [0.25, 0.3) is 0 Å². The normalized spacial score (nSPS) is 24.3. The van der Waals surface area contributed by atoms with Gasteiger partial charge in [-0.3, -0.25) is 19.4 Å². The van der Waals surface area contributed by atoms with Gasteiger partial charge in [-0.15, -0.1) is 0 Å². The molecule has 3 saturated heterocycles. The number of likely N-dealkylation sites (tertiary alicyclic amines) is 1. The SMILES string of the molecule is Cc1cc(C)c(CC(C(=O)OC(C)(C)C)N2CCN(C(=O)[C@@H]3CN(C4CCOCC4)C[C@H]3c3ccc(Cl)cc3F)[C@@H](C)C2)c(F)c1. The quantitative estimate of drug-likeness (QED) is 0.344. The standard InChI is InChI=1S/C36H48ClF2N3O4/c1-22-15-23(2)28(31(38)16-22)18-33(35(44)46-36(4,5)6)40-11-12-42(24(3)19-40)34(43)30-21-41(26-9-13-45-14-10-26)20-29(30)27-8-7-25(37)17-32(27)39/h7-8,15-17,24,26,29-30,33H,9-14,18-21H2,1-6H3/t24-,29-,30+,33?/m0/s1. The number of esters is 1. The lowest BCUT2D eigenvalue weighted by Crippen LogP contribution is -2.60. The average Bonchev–Trinajstić information content (AvgIpc) is 3.41. The van der Waals surface area contributed by atoms with E-state index in [1.165, 1.54) is 12.1 Å². The number of hydrogen-bond acceptors (Lipinski definition) is 6. The van der Waals surface area contributed by atoms with E-state index >= 15 is 8.78 Å². The van der Waals surface area contributed by atoms with Crippen LogP contribution in [-0.4, -0.2) is 96.2 Å². The molecule has 10 heteroatoms. The second-order valence-corrected chi connectivity index (χ2v) is 14.8. The zero-order chi connectivity index (χ0) is 33.3. The van der Waals surface area contributed by atoms with E-state index in [0.29, 0.717) is 68.1 Å². The zero-order valence-electron chi connectivity index (χ0n) is 28.0. The number of carbonyl (C=O) groups excluding carboxylic acids is 2. The summed E-state index contributed by atoms with van der Waals surface area (Å²) in [4.78, 5) is 34.2. The minimum absolute atomic E-state index is 0.00435. The van der Waals surface area contributed by atoms with Crippen molar-refractivity contribution in [1.82, 2.24) is 14.7 Å². The molecule has 3 heterocycles. The summed E-state index contributed by atoms with van der Waals surface area (Å²) < 4.78 is 41.9. The molecule has 7 nitrogen and oxygen atoms in total. The number of rotatable bonds is 7. The first kappa shape index (κ1) is 34.7. The molecule has 0 saturated carbocycles. The summed E-state index contributed by atoms with van der Waals surface area (Å²) in [6, 6.07) is 7.52. The molecule has 2 aromatic rings. The molecule has 1 amide bonds. The number of ether oxygens (including phenoxy) is 2. The van der Waals surface area contributed by atoms with Crippen molar-refractivity contribution >= 4 is 23.5 Å². The van der Waals surface area contributed by atoms with Crippen molar-refractivity contribution < 1.29 is 27.8 Å². The van der Waals surface area contributed by atoms with Gasteiger partial charge in [-0.25, -0.2) is 8.78 Å². The van der Waals surface area contributed by atoms with Crippen molar-refractivity contribution in [2.75, 3.05) is 45.9 Å². The molecule has 3 aliphatic rings. The fraction of sp³-hybridized carbons (Fsp3) is 0.611. The predicted octanol–water partition coefficient (Wildman–Crippen LogP) is 5.92. The Morgan fingerprint density at radius 2 is 1.74 bits per heavy atom. The number of aryl methyl sites for hydroxylation is 2. The van der Waals surface area contributed by atoms with Gasteiger partial charge in [0.1, 0.15) is 23.3 Å². The Hall–Kier alpha value is -2.59. The molecule has 0 radical (unpaired) electrons. The molecular formula is C36H48ClF2N3O4. The van der Waals surface area contributed by atoms with E-state index in [-0.39, 0.29) is 35.9 Å². The topological polar surface area (TPSA) is 62.3 Å². The largest absolute Gasteiger partial charge is 0.459 e. The number of carbonyl (C=O) groups is 2. The molecule has 5 rings (SSSR count). The Balaban J connectivity index is 1.36. The van der Waals surface area contributed by atoms with Gasteiger partial charge < -0.3 is 14.4 Å². The third-order valence-electron chi connectivity index (χ3n) is 9.76. The molecule has 0 aromatic heterocycles. The minimum atomic E-state index is -0.707. The summed E-state index contributed by atoms with van der Waals surface area (Å²) in [6.45, 7) is 14.9. The van der Waals surface area contributed by atoms with Gasteiger partial charge in [0.25, 0.3) is 0 Å². The number of hydrogen-bond donors (Lipinski definition) is 0. The van der Waals surface area contributed by atoms with Gasteiger partial charge in [-0.1, -0.05) is 23.7 Å². The summed E-state index contributed by atoms with van der Waals surface area (Å²) >= 11 is 6.09. The average molecular weight is 660 g/mol. The van der Waals surface area contributed by atoms with Crippen LogP contribution in [0.5, 0.6) is 0 Å². The maximum absolute atomic E-state index is 15.3. The van der Waals surface area contributed by atoms with E-state index in [1.807, 2.05) is 57.4 Å². The van der Waals surface area contributed by atoms with E-state index in [0.717, 1.165) is 24.0 Å². The molecule has 46 heavy (non-hydrogen) atoms. The van der Waals surface area contributed by atoms with Crippen molar-refractivity contribution in [3.05, 3.63) is 69.2 Å². The van der Waals surface area contributed by atoms with Crippen LogP contribution < -0.4 is 0 Å². The Bertz CT molecular complexity index is 1400. The van der Waals surface area contributed by atoms with Gasteiger partial charge in [0.2, 0.25) is 5.91 Å². The van der Waals surface area contributed by atoms with Crippen molar-refractivity contribution in [2.24, 2.45) is 5.92 Å². The van der Waals surface area contributed by atoms with Gasteiger partial charge in [0.05, 0.1) is 5.92 Å². The van der Waals surface area contributed by atoms with E-state index in [2.05, 4.69) is 4.90 Å². The van der Waals surface area contributed by atoms with Crippen molar-refractivity contribution in [3.63, 3.8) is 0 Å². The van der Waals surface area contributed by atoms with Crippen LogP contribution in [-0.2, 0) is 25.5 Å². The van der Waals surface area contributed by atoms with Crippen molar-refractivity contribution in [3.8, 4) is 0 Å². The summed E-state index contributed by atoms with van der Waals surface area (Å²) in [7, 11) is 0. The van der Waals surface area contributed by atoms with Crippen molar-refractivity contribution in [2.45, 2.75) is 90.4 Å². The summed E-state index contributed by atoms with van der Waals surface area (Å²) in [5.41, 5.74) is 1.93. The lowest BCUT2D eigenvalue weighted by Gasteiger charge is -2.44. The monoisotopic (exact) mass is 659 g/mol. The first-order valence-electron chi connectivity index (χ1n) is 16.5. The third kappa shape index (κ3) is 7.92. The molecule has 252 valence electrons. The van der Waals surface area contributed by atoms with Crippen LogP contribution in [0, 0.1) is 31.4 Å². The molecular weight excluding hydrogens is 612 g/mol. The van der Waals surface area contributed by atoms with Crippen LogP contribution in [0.1, 0.15) is 68.7 Å². The van der Waals surface area contributed by atoms with E-state index < -0.39 is 23.5 Å². The van der Waals surface area contributed by atoms with E-state index in [4.69, 9.17) is 21.1 Å². The van der Waals surface area contributed by atoms with Crippen LogP contribution in [0.15, 0.2) is 30.3 Å². The third-order valence-corrected chi connectivity index (χ3v) is 9.99. The molecule has 3 fully saturated rings. The first-order valence-corrected chi connectivity index (χ1v) is 16.9. The molecule has 3 aliphatic heterocycles. The maximum atomic E-state index is 15.3. The van der Waals surface area contributed by atoms with Crippen LogP contribution in [0.4, 0.5) is 8.78 Å². The van der Waals surface area contributed by atoms with Crippen molar-refractivity contribution in [1.29, 1.82) is 0 Å². The molecule has 2 aromatic carbocycles. The second kappa shape index (κ2) is 14.3. The highest BCUT2D eigenvalue weighted by Crippen LogP contribution is 2.39. The number of nitrogens with zero attached hydrogens (tertiary/aromatic N) is 3. The Kier molecular flexibility index (Phi) is 10.8. The summed E-state index contributed by atoms with van der Waals surface area (Å²) in [6.07, 6.45) is 1.95. The lowest BCUT2D eigenvalue weighted by atomic mass is 9.87. The van der Waals surface area contributed by atoms with Gasteiger partial charge in [0.15, 0.2) is 0 Å². The highest BCUT2D eigenvalue weighted by Gasteiger charge is 2.46. The molecule has 0 bridgehead atoms. The second-order valence-electron chi connectivity index (χ2n) is 14.3. The molecule has 0 spiro atoms. The Labute approximate surface area is 277 Å². The number of piperazine rings is 1. The molecule has 4 atom stereocenters. The van der Waals surface area contributed by atoms with E-state index in [9.17, 15) is 9.59 Å². The molecule has 0 aliphatic carbocycles. The van der Waals surface area contributed by atoms with Crippen LogP contribution in [0.2, 0.25) is 5.02 Å². The zero-order valence-corrected chi connectivity index (χ0v) is 28.7. The number of halogens is 3. The highest BCUT2D eigenvalue weighted by molar-refractivity contribution is 6.30. The molecule has 0 N–H and O–H groups in total. The van der Waals surface area contributed by atoms with Gasteiger partial charge in [-0.05, 0) is 94.8 Å². The van der Waals surface area contributed by atoms with Crippen LogP contribution in [0.3, 0.4) is 0 Å². The fourth-order valence-corrected chi connectivity index (χ4v) is 7.65. The smallest absolute Gasteiger partial charge is 0.324 e. The van der Waals surface area contributed by atoms with E-state index in [1.54, 1.807) is 12.1 Å². The summed E-state index contributed by atoms with van der Waals surface area (Å²) in [5.74, 6) is -1.85. The van der Waals surface area contributed by atoms with Gasteiger partial charge >= 0.3 is 5.97 Å². The lowest BCUT2D eigenvalue weighted by molar-refractivity contribution is -0.163. The fourth-order valence-electron chi connectivity index (χ4n) is 7.49. The number of benzene rings is 2. The predicted molar refractivity (Wildman–Crippen MR) is 175 cm³/mol. The minimum Gasteiger partial charge on any atom is -0.459 e. The Morgan fingerprint density at radius 1 is 1.02 bits per heavy atom. The summed E-state index contributed by atoms with van der Waals surface area (Å²) in [5, 5.41) is 0.327. The number of amides is 1. The maximum Gasteiger partial charge on any atom is 0.324 e. The highest BCUT2D eigenvalue weighted by atomic mass is 35.5. The Morgan fingerprint density at radius 3 is 2.37 bits per heavy atom. The van der Waals surface area contributed by atoms with Crippen LogP contribution >= 0.6 is 11.6 Å². The first-order chi connectivity index (χ1) is 21.7. The molecule has 1 unspecified atom stereocenters.